The first-order valence-corrected chi connectivity index (χ1v) is 9.13. The van der Waals surface area contributed by atoms with Crippen LogP contribution < -0.4 is 10.1 Å². The average molecular weight is 438 g/mol. The predicted octanol–water partition coefficient (Wildman–Crippen LogP) is 2.36. The summed E-state index contributed by atoms with van der Waals surface area (Å²) < 4.78 is 43.9. The van der Waals surface area contributed by atoms with Crippen molar-refractivity contribution < 1.29 is 27.8 Å². The maximum absolute atomic E-state index is 13.1. The monoisotopic (exact) mass is 438 g/mol. The first-order chi connectivity index (χ1) is 14.3. The Morgan fingerprint density at radius 2 is 1.84 bits per heavy atom. The molecule has 0 radical (unpaired) electrons. The van der Waals surface area contributed by atoms with E-state index in [9.17, 15) is 23.1 Å². The van der Waals surface area contributed by atoms with Gasteiger partial charge >= 0.3 is 6.36 Å². The lowest BCUT2D eigenvalue weighted by Gasteiger charge is -2.31. The lowest BCUT2D eigenvalue weighted by atomic mass is 9.91. The third-order valence-electron chi connectivity index (χ3n) is 4.46. The first-order valence-electron chi connectivity index (χ1n) is 9.13. The highest BCUT2D eigenvalue weighted by Gasteiger charge is 2.33. The van der Waals surface area contributed by atoms with Gasteiger partial charge in [-0.05, 0) is 31.5 Å². The topological polar surface area (TPSA) is 107 Å². The zero-order valence-corrected chi connectivity index (χ0v) is 17.2. The van der Waals surface area contributed by atoms with Gasteiger partial charge in [0.15, 0.2) is 0 Å². The Balaban J connectivity index is 1.89. The lowest BCUT2D eigenvalue weighted by Crippen LogP contribution is -2.42. The Kier molecular flexibility index (Phi) is 5.77. The van der Waals surface area contributed by atoms with Gasteiger partial charge in [-0.1, -0.05) is 17.3 Å². The van der Waals surface area contributed by atoms with E-state index in [0.717, 1.165) is 12.1 Å². The molecule has 9 nitrogen and oxygen atoms in total. The molecule has 1 amide bonds. The normalized spacial score (nSPS) is 13.2. The molecule has 0 aliphatic rings. The number of hydrogen-bond donors (Lipinski definition) is 2. The van der Waals surface area contributed by atoms with Crippen LogP contribution >= 0.6 is 0 Å². The van der Waals surface area contributed by atoms with Crippen LogP contribution in [-0.4, -0.2) is 47.8 Å². The second-order valence-electron chi connectivity index (χ2n) is 7.48. The fourth-order valence-electron chi connectivity index (χ4n) is 3.09. The highest BCUT2D eigenvalue weighted by Crippen LogP contribution is 2.30. The van der Waals surface area contributed by atoms with E-state index in [-0.39, 0.29) is 5.69 Å². The molecule has 0 unspecified atom stereocenters. The molecule has 0 fully saturated rings. The summed E-state index contributed by atoms with van der Waals surface area (Å²) in [6, 6.07) is 3.98. The third kappa shape index (κ3) is 5.20. The van der Waals surface area contributed by atoms with Crippen LogP contribution in [0.2, 0.25) is 0 Å². The van der Waals surface area contributed by atoms with Crippen LogP contribution in [0.4, 0.5) is 13.2 Å². The van der Waals surface area contributed by atoms with E-state index < -0.39 is 29.7 Å². The van der Waals surface area contributed by atoms with E-state index >= 15 is 0 Å². The minimum atomic E-state index is -4.82. The molecule has 1 atom stereocenters. The summed E-state index contributed by atoms with van der Waals surface area (Å²) in [4.78, 5) is 13.1. The van der Waals surface area contributed by atoms with Crippen molar-refractivity contribution in [1.29, 1.82) is 0 Å². The minimum absolute atomic E-state index is 0.187. The summed E-state index contributed by atoms with van der Waals surface area (Å²) in [5.74, 6) is -0.961. The van der Waals surface area contributed by atoms with E-state index in [4.69, 9.17) is 0 Å². The van der Waals surface area contributed by atoms with E-state index in [0.29, 0.717) is 16.8 Å². The molecule has 0 aliphatic carbocycles. The second-order valence-corrected chi connectivity index (χ2v) is 7.48. The number of aromatic nitrogens is 5. The van der Waals surface area contributed by atoms with Crippen LogP contribution in [0.25, 0.3) is 11.3 Å². The van der Waals surface area contributed by atoms with Gasteiger partial charge in [0.05, 0.1) is 29.6 Å². The number of amides is 1. The maximum atomic E-state index is 13.1. The SMILES string of the molecule is Cn1cc(-c2cnn(C)c2C(=O)N[C@@H](c2ccc(OC(F)(F)F)cc2)C(C)(C)O)nn1. The van der Waals surface area contributed by atoms with E-state index in [1.807, 2.05) is 0 Å². The van der Waals surface area contributed by atoms with Crippen LogP contribution in [-0.2, 0) is 14.1 Å². The molecule has 2 N–H and O–H groups in total. The van der Waals surface area contributed by atoms with Crippen LogP contribution in [0.5, 0.6) is 5.75 Å². The number of alkyl halides is 3. The van der Waals surface area contributed by atoms with Crippen LogP contribution in [0.1, 0.15) is 35.9 Å². The number of aliphatic hydroxyl groups is 1. The average Bonchev–Trinajstić information content (AvgIpc) is 3.23. The molecule has 0 saturated heterocycles. The summed E-state index contributed by atoms with van der Waals surface area (Å²) in [6.07, 6.45) is -1.72. The van der Waals surface area contributed by atoms with Gasteiger partial charge in [0.1, 0.15) is 17.1 Å². The van der Waals surface area contributed by atoms with Crippen molar-refractivity contribution in [3.05, 3.63) is 47.9 Å². The number of hydrogen-bond acceptors (Lipinski definition) is 6. The van der Waals surface area contributed by atoms with Crippen LogP contribution in [0.3, 0.4) is 0 Å². The Labute approximate surface area is 175 Å². The van der Waals surface area contributed by atoms with Crippen LogP contribution in [0.15, 0.2) is 36.7 Å². The molecule has 3 aromatic rings. The van der Waals surface area contributed by atoms with Gasteiger partial charge in [-0.25, -0.2) is 0 Å². The van der Waals surface area contributed by atoms with E-state index in [1.54, 1.807) is 20.3 Å². The van der Waals surface area contributed by atoms with Gasteiger partial charge < -0.3 is 15.2 Å². The number of nitrogens with zero attached hydrogens (tertiary/aromatic N) is 5. The third-order valence-corrected chi connectivity index (χ3v) is 4.46. The molecule has 166 valence electrons. The van der Waals surface area contributed by atoms with E-state index in [2.05, 4.69) is 25.5 Å². The molecule has 0 aliphatic heterocycles. The molecule has 0 saturated carbocycles. The van der Waals surface area contributed by atoms with Gasteiger partial charge in [-0.2, -0.15) is 5.10 Å². The maximum Gasteiger partial charge on any atom is 0.573 e. The molecule has 2 heterocycles. The summed E-state index contributed by atoms with van der Waals surface area (Å²) in [5, 5.41) is 25.3. The summed E-state index contributed by atoms with van der Waals surface area (Å²) in [6.45, 7) is 2.95. The molecule has 2 aromatic heterocycles. The van der Waals surface area contributed by atoms with Crippen molar-refractivity contribution in [3.8, 4) is 17.0 Å². The zero-order valence-electron chi connectivity index (χ0n) is 17.2. The first kappa shape index (κ1) is 22.3. The number of benzene rings is 1. The summed E-state index contributed by atoms with van der Waals surface area (Å²) in [7, 11) is 3.26. The largest absolute Gasteiger partial charge is 0.573 e. The standard InChI is InChI=1S/C19H21F3N6O3/c1-18(2,30)16(11-5-7-12(8-6-11)31-19(20,21)22)24-17(29)15-13(9-23-28(15)4)14-10-27(3)26-25-14/h5-10,16,30H,1-4H3,(H,24,29)/t16-/m0/s1. The number of ether oxygens (including phenoxy) is 1. The Morgan fingerprint density at radius 1 is 1.19 bits per heavy atom. The summed E-state index contributed by atoms with van der Waals surface area (Å²) >= 11 is 0. The highest BCUT2D eigenvalue weighted by atomic mass is 19.4. The molecule has 3 rings (SSSR count). The Hall–Kier alpha value is -3.41. The molecule has 0 spiro atoms. The van der Waals surface area contributed by atoms with Gasteiger partial charge in [0, 0.05) is 14.1 Å². The number of aryl methyl sites for hydroxylation is 2. The number of carbonyl (C=O) groups is 1. The molecule has 31 heavy (non-hydrogen) atoms. The van der Waals surface area contributed by atoms with Crippen molar-refractivity contribution in [2.45, 2.75) is 31.9 Å². The molecular formula is C19H21F3N6O3. The predicted molar refractivity (Wildman–Crippen MR) is 103 cm³/mol. The van der Waals surface area contributed by atoms with Crippen molar-refractivity contribution in [3.63, 3.8) is 0 Å². The second kappa shape index (κ2) is 8.02. The number of nitrogens with one attached hydrogen (secondary N) is 1. The molecule has 12 heteroatoms. The minimum Gasteiger partial charge on any atom is -0.406 e. The molecule has 0 bridgehead atoms. The fourth-order valence-corrected chi connectivity index (χ4v) is 3.09. The lowest BCUT2D eigenvalue weighted by molar-refractivity contribution is -0.274. The Morgan fingerprint density at radius 3 is 2.35 bits per heavy atom. The van der Waals surface area contributed by atoms with Crippen molar-refractivity contribution in [2.75, 3.05) is 0 Å². The highest BCUT2D eigenvalue weighted by molar-refractivity contribution is 5.99. The number of carbonyl (C=O) groups excluding carboxylic acids is 1. The zero-order chi connectivity index (χ0) is 23.0. The Bertz CT molecular complexity index is 1070. The van der Waals surface area contributed by atoms with Gasteiger partial charge in [-0.3, -0.25) is 14.2 Å². The summed E-state index contributed by atoms with van der Waals surface area (Å²) in [5.41, 5.74) is 0.0176. The van der Waals surface area contributed by atoms with Gasteiger partial charge in [-0.15, -0.1) is 18.3 Å². The van der Waals surface area contributed by atoms with Crippen LogP contribution in [0, 0.1) is 0 Å². The smallest absolute Gasteiger partial charge is 0.406 e. The fraction of sp³-hybridized carbons (Fsp3) is 0.368. The van der Waals surface area contributed by atoms with E-state index in [1.165, 1.54) is 41.5 Å². The quantitative estimate of drug-likeness (QED) is 0.612. The number of halogens is 3. The molecular weight excluding hydrogens is 417 g/mol. The van der Waals surface area contributed by atoms with Crippen molar-refractivity contribution in [1.82, 2.24) is 30.1 Å². The van der Waals surface area contributed by atoms with Crippen molar-refractivity contribution >= 4 is 5.91 Å². The van der Waals surface area contributed by atoms with Gasteiger partial charge in [0.25, 0.3) is 5.91 Å². The number of rotatable bonds is 6. The van der Waals surface area contributed by atoms with Gasteiger partial charge in [0.2, 0.25) is 0 Å². The molecule has 1 aromatic carbocycles. The van der Waals surface area contributed by atoms with Crippen molar-refractivity contribution in [2.24, 2.45) is 14.1 Å².